The summed E-state index contributed by atoms with van der Waals surface area (Å²) in [5.41, 5.74) is 5.78. The van der Waals surface area contributed by atoms with Crippen LogP contribution in [0.25, 0.3) is 33.4 Å². The largest absolute Gasteiger partial charge is 0.497 e. The normalized spacial score (nSPS) is 14.0. The molecular weight excluding hydrogens is 757 g/mol. The van der Waals surface area contributed by atoms with Gasteiger partial charge in [0.15, 0.2) is 0 Å². The molecule has 0 spiro atoms. The number of H-pyrrole nitrogens is 1. The predicted molar refractivity (Wildman–Crippen MR) is 222 cm³/mol. The number of amides is 2. The number of ether oxygens (including phenoxy) is 1. The molecule has 1 aliphatic rings. The van der Waals surface area contributed by atoms with Crippen molar-refractivity contribution < 1.29 is 14.3 Å². The molecule has 10 nitrogen and oxygen atoms in total. The number of rotatable bonds is 10. The van der Waals surface area contributed by atoms with E-state index in [1.165, 1.54) is 5.01 Å². The zero-order chi connectivity index (χ0) is 39.0. The highest BCUT2D eigenvalue weighted by Crippen LogP contribution is 2.43. The number of halogens is 3. The minimum absolute atomic E-state index is 0.0418. The van der Waals surface area contributed by atoms with Gasteiger partial charge in [-0.3, -0.25) is 9.59 Å². The Morgan fingerprint density at radius 1 is 0.945 bits per heavy atom. The SMILES string of the molecule is COc1ccc(N2CCC(NC(=O)C(C)C)CC2)c(N(N)C(=O)c2[nH]c3cc(Cl)ccc3c2-c2c(-c3ccccc3)ncn2[C@@H](C)c2ccc(Cl)cc2Cl)c1. The molecule has 55 heavy (non-hydrogen) atoms. The molecule has 2 aromatic heterocycles. The molecule has 0 radical (unpaired) electrons. The van der Waals surface area contributed by atoms with Gasteiger partial charge >= 0.3 is 0 Å². The van der Waals surface area contributed by atoms with E-state index in [1.807, 2.05) is 79.9 Å². The first kappa shape index (κ1) is 38.3. The molecule has 1 fully saturated rings. The molecule has 0 bridgehead atoms. The third-order valence-electron chi connectivity index (χ3n) is 10.2. The average Bonchev–Trinajstić information content (AvgIpc) is 3.79. The molecule has 0 unspecified atom stereocenters. The van der Waals surface area contributed by atoms with Gasteiger partial charge in [0.2, 0.25) is 5.91 Å². The number of hydrogen-bond donors (Lipinski definition) is 3. The number of carbonyl (C=O) groups excluding carboxylic acids is 2. The molecular formula is C42H42Cl3N7O3. The van der Waals surface area contributed by atoms with E-state index < -0.39 is 5.91 Å². The van der Waals surface area contributed by atoms with Crippen LogP contribution in [0.1, 0.15) is 55.7 Å². The maximum absolute atomic E-state index is 15.0. The van der Waals surface area contributed by atoms with Crippen molar-refractivity contribution in [3.63, 3.8) is 0 Å². The number of hydrogen-bond acceptors (Lipinski definition) is 6. The maximum Gasteiger partial charge on any atom is 0.289 e. The number of benzene rings is 4. The molecule has 1 aliphatic heterocycles. The highest BCUT2D eigenvalue weighted by atomic mass is 35.5. The van der Waals surface area contributed by atoms with E-state index in [-0.39, 0.29) is 29.6 Å². The van der Waals surface area contributed by atoms with Gasteiger partial charge in [-0.1, -0.05) is 91.1 Å². The van der Waals surface area contributed by atoms with Gasteiger partial charge < -0.3 is 24.5 Å². The topological polar surface area (TPSA) is 122 Å². The minimum Gasteiger partial charge on any atom is -0.497 e. The van der Waals surface area contributed by atoms with Crippen molar-refractivity contribution in [1.29, 1.82) is 0 Å². The fourth-order valence-corrected chi connectivity index (χ4v) is 7.97. The van der Waals surface area contributed by atoms with Crippen molar-refractivity contribution in [2.24, 2.45) is 11.8 Å². The molecule has 0 saturated carbocycles. The number of imidazole rings is 1. The number of aromatic nitrogens is 3. The highest BCUT2D eigenvalue weighted by Gasteiger charge is 2.32. The predicted octanol–water partition coefficient (Wildman–Crippen LogP) is 9.54. The van der Waals surface area contributed by atoms with E-state index in [0.29, 0.717) is 62.1 Å². The highest BCUT2D eigenvalue weighted by molar-refractivity contribution is 6.35. The van der Waals surface area contributed by atoms with Crippen LogP contribution in [0.2, 0.25) is 15.1 Å². The van der Waals surface area contributed by atoms with Crippen LogP contribution in [0, 0.1) is 5.92 Å². The van der Waals surface area contributed by atoms with Crippen molar-refractivity contribution in [3.8, 4) is 28.3 Å². The number of hydrazine groups is 1. The molecule has 3 heterocycles. The molecule has 4 N–H and O–H groups in total. The van der Waals surface area contributed by atoms with Gasteiger partial charge in [0, 0.05) is 68.2 Å². The van der Waals surface area contributed by atoms with Gasteiger partial charge in [-0.2, -0.15) is 0 Å². The van der Waals surface area contributed by atoms with Crippen LogP contribution in [0.15, 0.2) is 91.3 Å². The van der Waals surface area contributed by atoms with Gasteiger partial charge in [-0.15, -0.1) is 0 Å². The standard InChI is InChI=1S/C42H42Cl3N7O3/c1-24(2)41(53)48-29-16-18-50(19-17-29)35-15-12-30(55-4)22-36(35)52(46)42(54)39-37(32-14-11-28(44)21-34(32)49-39)40-38(26-8-6-5-7-9-26)47-23-51(40)25(3)31-13-10-27(43)20-33(31)45/h5-15,20-25,29,49H,16-19,46H2,1-4H3,(H,48,53)/t25-/m0/s1. The van der Waals surface area contributed by atoms with Crippen molar-refractivity contribution in [1.82, 2.24) is 19.9 Å². The molecule has 4 aromatic carbocycles. The van der Waals surface area contributed by atoms with Crippen molar-refractivity contribution in [2.75, 3.05) is 30.1 Å². The van der Waals surface area contributed by atoms with Crippen molar-refractivity contribution in [3.05, 3.63) is 118 Å². The number of piperidine rings is 1. The van der Waals surface area contributed by atoms with Gasteiger partial charge in [0.25, 0.3) is 5.91 Å². The number of nitrogens with one attached hydrogen (secondary N) is 2. The summed E-state index contributed by atoms with van der Waals surface area (Å²) in [6, 6.07) is 26.0. The van der Waals surface area contributed by atoms with Crippen LogP contribution in [-0.4, -0.2) is 52.6 Å². The Kier molecular flexibility index (Phi) is 11.1. The summed E-state index contributed by atoms with van der Waals surface area (Å²) in [4.78, 5) is 38.0. The second kappa shape index (κ2) is 16.0. The third-order valence-corrected chi connectivity index (χ3v) is 11.0. The van der Waals surface area contributed by atoms with E-state index in [9.17, 15) is 4.79 Å². The average molecular weight is 799 g/mol. The number of carbonyl (C=O) groups is 2. The van der Waals surface area contributed by atoms with Crippen molar-refractivity contribution >= 4 is 68.9 Å². The van der Waals surface area contributed by atoms with Crippen LogP contribution < -0.4 is 25.8 Å². The Hall–Kier alpha value is -5.00. The summed E-state index contributed by atoms with van der Waals surface area (Å²) < 4.78 is 7.63. The van der Waals surface area contributed by atoms with Gasteiger partial charge in [-0.25, -0.2) is 15.8 Å². The quantitative estimate of drug-likeness (QED) is 0.0722. The summed E-state index contributed by atoms with van der Waals surface area (Å²) in [6.45, 7) is 7.12. The first-order valence-corrected chi connectivity index (χ1v) is 19.3. The first-order chi connectivity index (χ1) is 26.4. The van der Waals surface area contributed by atoms with Crippen LogP contribution in [0.4, 0.5) is 11.4 Å². The number of aromatic amines is 1. The number of methoxy groups -OCH3 is 1. The third kappa shape index (κ3) is 7.64. The lowest BCUT2D eigenvalue weighted by molar-refractivity contribution is -0.124. The Morgan fingerprint density at radius 2 is 1.65 bits per heavy atom. The van der Waals surface area contributed by atoms with Gasteiger partial charge in [0.05, 0.1) is 42.2 Å². The van der Waals surface area contributed by atoms with Crippen LogP contribution in [0.5, 0.6) is 5.75 Å². The maximum atomic E-state index is 15.0. The molecule has 0 aliphatic carbocycles. The Bertz CT molecular complexity index is 2370. The Labute approximate surface area is 335 Å². The zero-order valence-electron chi connectivity index (χ0n) is 30.9. The Balaban J connectivity index is 1.35. The fourth-order valence-electron chi connectivity index (χ4n) is 7.23. The molecule has 1 saturated heterocycles. The Morgan fingerprint density at radius 3 is 2.35 bits per heavy atom. The van der Waals surface area contributed by atoms with Crippen LogP contribution in [0.3, 0.4) is 0 Å². The zero-order valence-corrected chi connectivity index (χ0v) is 33.2. The summed E-state index contributed by atoms with van der Waals surface area (Å²) in [5, 5.41) is 6.62. The lowest BCUT2D eigenvalue weighted by atomic mass is 9.99. The molecule has 13 heteroatoms. The number of fused-ring (bicyclic) bond motifs is 1. The number of nitrogens with two attached hydrogens (primary N) is 1. The molecule has 1 atom stereocenters. The van der Waals surface area contributed by atoms with Crippen molar-refractivity contribution in [2.45, 2.75) is 45.7 Å². The van der Waals surface area contributed by atoms with E-state index in [1.54, 1.807) is 43.8 Å². The summed E-state index contributed by atoms with van der Waals surface area (Å²) in [6.07, 6.45) is 3.26. The summed E-state index contributed by atoms with van der Waals surface area (Å²) in [7, 11) is 1.57. The number of nitrogens with zero attached hydrogens (tertiary/aromatic N) is 4. The summed E-state index contributed by atoms with van der Waals surface area (Å²) in [5.74, 6) is 6.93. The minimum atomic E-state index is -0.486. The summed E-state index contributed by atoms with van der Waals surface area (Å²) >= 11 is 19.6. The smallest absolute Gasteiger partial charge is 0.289 e. The molecule has 7 rings (SSSR count). The molecule has 2 amide bonds. The van der Waals surface area contributed by atoms with Crippen LogP contribution >= 0.6 is 34.8 Å². The molecule has 284 valence electrons. The number of anilines is 2. The lowest BCUT2D eigenvalue weighted by Crippen LogP contribution is -2.46. The van der Waals surface area contributed by atoms with Crippen LogP contribution in [-0.2, 0) is 4.79 Å². The van der Waals surface area contributed by atoms with E-state index in [0.717, 1.165) is 35.0 Å². The first-order valence-electron chi connectivity index (χ1n) is 18.2. The van der Waals surface area contributed by atoms with Gasteiger partial charge in [0.1, 0.15) is 11.4 Å². The second-order valence-electron chi connectivity index (χ2n) is 14.1. The van der Waals surface area contributed by atoms with E-state index >= 15 is 4.79 Å². The van der Waals surface area contributed by atoms with E-state index in [4.69, 9.17) is 50.4 Å². The lowest BCUT2D eigenvalue weighted by Gasteiger charge is -2.36. The van der Waals surface area contributed by atoms with Gasteiger partial charge in [-0.05, 0) is 61.7 Å². The fraction of sp³-hybridized carbons (Fsp3) is 0.262. The molecule has 6 aromatic rings. The monoisotopic (exact) mass is 797 g/mol. The second-order valence-corrected chi connectivity index (χ2v) is 15.4. The van der Waals surface area contributed by atoms with E-state index in [2.05, 4.69) is 15.2 Å².